The van der Waals surface area contributed by atoms with E-state index in [2.05, 4.69) is 5.32 Å². The van der Waals surface area contributed by atoms with Gasteiger partial charge in [-0.25, -0.2) is 4.39 Å². The van der Waals surface area contributed by atoms with Gasteiger partial charge < -0.3 is 10.2 Å². The topological polar surface area (TPSA) is 49.4 Å². The first kappa shape index (κ1) is 16.9. The first-order valence-electron chi connectivity index (χ1n) is 8.85. The fourth-order valence-electron chi connectivity index (χ4n) is 4.04. The summed E-state index contributed by atoms with van der Waals surface area (Å²) in [4.78, 5) is 26.4. The molecule has 2 aliphatic rings. The minimum absolute atomic E-state index is 0.0388. The first-order chi connectivity index (χ1) is 11.6. The Labute approximate surface area is 142 Å². The molecule has 3 rings (SSSR count). The summed E-state index contributed by atoms with van der Waals surface area (Å²) in [5.41, 5.74) is 0.425. The molecule has 1 aliphatic carbocycles. The Bertz CT molecular complexity index is 613. The summed E-state index contributed by atoms with van der Waals surface area (Å²) in [7, 11) is 1.66. The highest BCUT2D eigenvalue weighted by atomic mass is 19.1. The standard InChI is InChI=1S/C19H25FN2O2/c1-22-17(23)11-10-15(18(22)14-8-4-5-9-16(14)20)19(24)21-12-13-6-2-3-7-13/h4-5,8-9,13,15,18H,2-3,6-7,10-12H2,1H3,(H,21,24)/t15-,18-/m1/s1. The number of carbonyl (C=O) groups excluding carboxylic acids is 2. The lowest BCUT2D eigenvalue weighted by Crippen LogP contribution is -2.47. The van der Waals surface area contributed by atoms with Gasteiger partial charge in [0.25, 0.3) is 0 Å². The van der Waals surface area contributed by atoms with Gasteiger partial charge in [0.1, 0.15) is 5.82 Å². The quantitative estimate of drug-likeness (QED) is 0.921. The molecule has 0 unspecified atom stereocenters. The third-order valence-corrected chi connectivity index (χ3v) is 5.46. The van der Waals surface area contributed by atoms with Crippen LogP contribution in [0.1, 0.15) is 50.1 Å². The summed E-state index contributed by atoms with van der Waals surface area (Å²) in [6, 6.07) is 5.90. The number of likely N-dealkylation sites (tertiary alicyclic amines) is 1. The SMILES string of the molecule is CN1C(=O)CC[C@@H](C(=O)NCC2CCCC2)[C@H]1c1ccccc1F. The van der Waals surface area contributed by atoms with Crippen molar-refractivity contribution in [3.05, 3.63) is 35.6 Å². The molecule has 1 aliphatic heterocycles. The van der Waals surface area contributed by atoms with Gasteiger partial charge in [-0.1, -0.05) is 31.0 Å². The molecule has 0 radical (unpaired) electrons. The Hall–Kier alpha value is -1.91. The molecular weight excluding hydrogens is 307 g/mol. The highest BCUT2D eigenvalue weighted by Crippen LogP contribution is 2.37. The molecule has 5 heteroatoms. The highest BCUT2D eigenvalue weighted by molar-refractivity contribution is 5.84. The molecule has 24 heavy (non-hydrogen) atoms. The van der Waals surface area contributed by atoms with Gasteiger partial charge in [0.05, 0.1) is 12.0 Å². The predicted octanol–water partition coefficient (Wildman–Crippen LogP) is 3.04. The van der Waals surface area contributed by atoms with E-state index >= 15 is 0 Å². The molecule has 1 N–H and O–H groups in total. The van der Waals surface area contributed by atoms with E-state index < -0.39 is 12.0 Å². The number of rotatable bonds is 4. The van der Waals surface area contributed by atoms with Crippen LogP contribution in [-0.4, -0.2) is 30.3 Å². The summed E-state index contributed by atoms with van der Waals surface area (Å²) in [5, 5.41) is 3.05. The molecule has 0 spiro atoms. The summed E-state index contributed by atoms with van der Waals surface area (Å²) in [6.07, 6.45) is 5.61. The molecule has 2 amide bonds. The zero-order valence-corrected chi connectivity index (χ0v) is 14.1. The maximum Gasteiger partial charge on any atom is 0.225 e. The molecular formula is C19H25FN2O2. The molecule has 2 atom stereocenters. The monoisotopic (exact) mass is 332 g/mol. The Morgan fingerprint density at radius 1 is 1.25 bits per heavy atom. The van der Waals surface area contributed by atoms with Crippen molar-refractivity contribution in [1.29, 1.82) is 0 Å². The molecule has 4 nitrogen and oxygen atoms in total. The summed E-state index contributed by atoms with van der Waals surface area (Å²) in [6.45, 7) is 0.691. The van der Waals surface area contributed by atoms with Crippen molar-refractivity contribution in [1.82, 2.24) is 10.2 Å². The van der Waals surface area contributed by atoms with Crippen LogP contribution in [0.15, 0.2) is 24.3 Å². The van der Waals surface area contributed by atoms with Crippen molar-refractivity contribution in [2.45, 2.75) is 44.6 Å². The van der Waals surface area contributed by atoms with Crippen LogP contribution in [0.25, 0.3) is 0 Å². The Morgan fingerprint density at radius 3 is 2.67 bits per heavy atom. The van der Waals surface area contributed by atoms with Crippen LogP contribution >= 0.6 is 0 Å². The van der Waals surface area contributed by atoms with Crippen molar-refractivity contribution in [3.8, 4) is 0 Å². The van der Waals surface area contributed by atoms with E-state index in [1.807, 2.05) is 0 Å². The summed E-state index contributed by atoms with van der Waals surface area (Å²) >= 11 is 0. The van der Waals surface area contributed by atoms with Crippen LogP contribution in [-0.2, 0) is 9.59 Å². The molecule has 1 saturated heterocycles. The van der Waals surface area contributed by atoms with Crippen LogP contribution < -0.4 is 5.32 Å². The van der Waals surface area contributed by atoms with Crippen LogP contribution in [0.3, 0.4) is 0 Å². The van der Waals surface area contributed by atoms with E-state index in [0.29, 0.717) is 30.9 Å². The zero-order valence-electron chi connectivity index (χ0n) is 14.1. The fraction of sp³-hybridized carbons (Fsp3) is 0.579. The highest BCUT2D eigenvalue weighted by Gasteiger charge is 2.40. The number of hydrogen-bond acceptors (Lipinski definition) is 2. The van der Waals surface area contributed by atoms with Gasteiger partial charge in [0.15, 0.2) is 0 Å². The van der Waals surface area contributed by atoms with Crippen molar-refractivity contribution in [2.75, 3.05) is 13.6 Å². The molecule has 1 aromatic carbocycles. The largest absolute Gasteiger partial charge is 0.356 e. The number of piperidine rings is 1. The van der Waals surface area contributed by atoms with Gasteiger partial charge in [0.2, 0.25) is 11.8 Å². The second-order valence-electron chi connectivity index (χ2n) is 7.01. The molecule has 1 aromatic rings. The number of carbonyl (C=O) groups is 2. The number of nitrogens with zero attached hydrogens (tertiary/aromatic N) is 1. The smallest absolute Gasteiger partial charge is 0.225 e. The Kier molecular flexibility index (Phi) is 5.17. The fourth-order valence-corrected chi connectivity index (χ4v) is 4.04. The van der Waals surface area contributed by atoms with E-state index in [0.717, 1.165) is 0 Å². The van der Waals surface area contributed by atoms with Gasteiger partial charge in [0, 0.05) is 25.6 Å². The summed E-state index contributed by atoms with van der Waals surface area (Å²) < 4.78 is 14.3. The van der Waals surface area contributed by atoms with Crippen LogP contribution in [0, 0.1) is 17.7 Å². The first-order valence-corrected chi connectivity index (χ1v) is 8.85. The molecule has 1 heterocycles. The van der Waals surface area contributed by atoms with E-state index in [-0.39, 0.29) is 17.6 Å². The van der Waals surface area contributed by atoms with Crippen molar-refractivity contribution >= 4 is 11.8 Å². The lowest BCUT2D eigenvalue weighted by molar-refractivity contribution is -0.141. The van der Waals surface area contributed by atoms with Crippen molar-refractivity contribution in [3.63, 3.8) is 0 Å². The second kappa shape index (κ2) is 7.32. The maximum absolute atomic E-state index is 14.3. The van der Waals surface area contributed by atoms with E-state index in [1.54, 1.807) is 25.2 Å². The van der Waals surface area contributed by atoms with Gasteiger partial charge in [-0.2, -0.15) is 0 Å². The van der Waals surface area contributed by atoms with Crippen LogP contribution in [0.5, 0.6) is 0 Å². The molecule has 0 aromatic heterocycles. The third-order valence-electron chi connectivity index (χ3n) is 5.46. The van der Waals surface area contributed by atoms with Gasteiger partial charge in [-0.3, -0.25) is 9.59 Å². The number of amides is 2. The predicted molar refractivity (Wildman–Crippen MR) is 89.6 cm³/mol. The zero-order chi connectivity index (χ0) is 17.1. The Balaban J connectivity index is 1.77. The summed E-state index contributed by atoms with van der Waals surface area (Å²) in [5.74, 6) is -0.301. The van der Waals surface area contributed by atoms with E-state index in [9.17, 15) is 14.0 Å². The average Bonchev–Trinajstić information content (AvgIpc) is 3.09. The minimum atomic E-state index is -0.531. The van der Waals surface area contributed by atoms with Crippen LogP contribution in [0.2, 0.25) is 0 Å². The Morgan fingerprint density at radius 2 is 1.96 bits per heavy atom. The third kappa shape index (κ3) is 3.45. The van der Waals surface area contributed by atoms with Crippen molar-refractivity contribution in [2.24, 2.45) is 11.8 Å². The normalized spacial score (nSPS) is 25.1. The van der Waals surface area contributed by atoms with E-state index in [4.69, 9.17) is 0 Å². The van der Waals surface area contributed by atoms with Crippen LogP contribution in [0.4, 0.5) is 4.39 Å². The van der Waals surface area contributed by atoms with Crippen molar-refractivity contribution < 1.29 is 14.0 Å². The number of nitrogens with one attached hydrogen (secondary N) is 1. The maximum atomic E-state index is 14.3. The van der Waals surface area contributed by atoms with E-state index in [1.165, 1.54) is 36.6 Å². The lowest BCUT2D eigenvalue weighted by atomic mass is 9.83. The molecule has 130 valence electrons. The van der Waals surface area contributed by atoms with Gasteiger partial charge >= 0.3 is 0 Å². The molecule has 1 saturated carbocycles. The number of hydrogen-bond donors (Lipinski definition) is 1. The number of benzene rings is 1. The van der Waals surface area contributed by atoms with Gasteiger partial charge in [-0.05, 0) is 31.2 Å². The lowest BCUT2D eigenvalue weighted by Gasteiger charge is -2.38. The number of halogens is 1. The molecule has 0 bridgehead atoms. The van der Waals surface area contributed by atoms with Gasteiger partial charge in [-0.15, -0.1) is 0 Å². The average molecular weight is 332 g/mol. The second-order valence-corrected chi connectivity index (χ2v) is 7.01. The minimum Gasteiger partial charge on any atom is -0.356 e. The molecule has 2 fully saturated rings.